The van der Waals surface area contributed by atoms with Crippen molar-refractivity contribution < 1.29 is 8.78 Å². The van der Waals surface area contributed by atoms with Crippen LogP contribution in [0, 0.1) is 17.6 Å². The van der Waals surface area contributed by atoms with Crippen molar-refractivity contribution >= 4 is 0 Å². The molecule has 0 aromatic heterocycles. The van der Waals surface area contributed by atoms with Gasteiger partial charge < -0.3 is 5.32 Å². The SMILES string of the molecule is CCNC(Cc1ccc(F)cc1F)C1CC1. The molecule has 1 fully saturated rings. The lowest BCUT2D eigenvalue weighted by molar-refractivity contribution is 0.461. The minimum absolute atomic E-state index is 0.338. The summed E-state index contributed by atoms with van der Waals surface area (Å²) in [7, 11) is 0. The number of halogens is 2. The van der Waals surface area contributed by atoms with Crippen LogP contribution in [0.5, 0.6) is 0 Å². The summed E-state index contributed by atoms with van der Waals surface area (Å²) < 4.78 is 26.2. The molecule has 0 amide bonds. The number of likely N-dealkylation sites (N-methyl/N-ethyl adjacent to an activating group) is 1. The quantitative estimate of drug-likeness (QED) is 0.812. The third-order valence-corrected chi connectivity index (χ3v) is 3.11. The molecule has 1 saturated carbocycles. The van der Waals surface area contributed by atoms with Crippen LogP contribution in [0.15, 0.2) is 18.2 Å². The molecule has 3 heteroatoms. The van der Waals surface area contributed by atoms with Gasteiger partial charge in [0, 0.05) is 12.1 Å². The molecule has 1 aliphatic carbocycles. The Morgan fingerprint density at radius 3 is 2.69 bits per heavy atom. The normalized spacial score (nSPS) is 17.4. The Bertz CT molecular complexity index is 361. The summed E-state index contributed by atoms with van der Waals surface area (Å²) in [5.41, 5.74) is 0.610. The fraction of sp³-hybridized carbons (Fsp3) is 0.538. The predicted molar refractivity (Wildman–Crippen MR) is 60.3 cm³/mol. The lowest BCUT2D eigenvalue weighted by Gasteiger charge is -2.17. The number of rotatable bonds is 5. The monoisotopic (exact) mass is 225 g/mol. The van der Waals surface area contributed by atoms with Crippen LogP contribution in [0.2, 0.25) is 0 Å². The molecular weight excluding hydrogens is 208 g/mol. The van der Waals surface area contributed by atoms with E-state index in [1.54, 1.807) is 6.07 Å². The van der Waals surface area contributed by atoms with Gasteiger partial charge in [-0.25, -0.2) is 8.78 Å². The second kappa shape index (κ2) is 4.91. The Morgan fingerprint density at radius 2 is 2.12 bits per heavy atom. The van der Waals surface area contributed by atoms with Gasteiger partial charge in [-0.05, 0) is 43.4 Å². The van der Waals surface area contributed by atoms with Gasteiger partial charge in [0.05, 0.1) is 0 Å². The van der Waals surface area contributed by atoms with Crippen molar-refractivity contribution in [2.24, 2.45) is 5.92 Å². The molecule has 0 saturated heterocycles. The second-order valence-corrected chi connectivity index (χ2v) is 4.44. The summed E-state index contributed by atoms with van der Waals surface area (Å²) in [6.45, 7) is 2.94. The van der Waals surface area contributed by atoms with Crippen LogP contribution >= 0.6 is 0 Å². The minimum Gasteiger partial charge on any atom is -0.314 e. The Kier molecular flexibility index (Phi) is 3.54. The number of nitrogens with one attached hydrogen (secondary N) is 1. The fourth-order valence-corrected chi connectivity index (χ4v) is 2.09. The highest BCUT2D eigenvalue weighted by Crippen LogP contribution is 2.34. The molecule has 1 N–H and O–H groups in total. The van der Waals surface area contributed by atoms with E-state index >= 15 is 0 Å². The zero-order valence-corrected chi connectivity index (χ0v) is 9.47. The van der Waals surface area contributed by atoms with Gasteiger partial charge in [0.2, 0.25) is 0 Å². The molecule has 0 radical (unpaired) electrons. The van der Waals surface area contributed by atoms with Crippen molar-refractivity contribution in [3.63, 3.8) is 0 Å². The molecule has 0 heterocycles. The largest absolute Gasteiger partial charge is 0.314 e. The van der Waals surface area contributed by atoms with Crippen molar-refractivity contribution in [2.45, 2.75) is 32.2 Å². The van der Waals surface area contributed by atoms with Crippen molar-refractivity contribution in [3.8, 4) is 0 Å². The van der Waals surface area contributed by atoms with E-state index in [0.717, 1.165) is 12.6 Å². The zero-order chi connectivity index (χ0) is 11.5. The highest BCUT2D eigenvalue weighted by Gasteiger charge is 2.30. The summed E-state index contributed by atoms with van der Waals surface area (Å²) in [5.74, 6) is -0.263. The Hall–Kier alpha value is -0.960. The number of hydrogen-bond acceptors (Lipinski definition) is 1. The predicted octanol–water partition coefficient (Wildman–Crippen LogP) is 2.90. The Morgan fingerprint density at radius 1 is 1.38 bits per heavy atom. The van der Waals surface area contributed by atoms with Gasteiger partial charge >= 0.3 is 0 Å². The van der Waals surface area contributed by atoms with E-state index in [0.29, 0.717) is 23.9 Å². The highest BCUT2D eigenvalue weighted by atomic mass is 19.1. The van der Waals surface area contributed by atoms with E-state index in [-0.39, 0.29) is 0 Å². The molecule has 1 nitrogen and oxygen atoms in total. The molecule has 1 aromatic carbocycles. The summed E-state index contributed by atoms with van der Waals surface area (Å²) >= 11 is 0. The van der Waals surface area contributed by atoms with Crippen LogP contribution in [0.1, 0.15) is 25.3 Å². The maximum atomic E-state index is 13.5. The van der Waals surface area contributed by atoms with Gasteiger partial charge in [0.25, 0.3) is 0 Å². The Balaban J connectivity index is 2.05. The maximum absolute atomic E-state index is 13.5. The van der Waals surface area contributed by atoms with Gasteiger partial charge in [-0.2, -0.15) is 0 Å². The molecule has 0 spiro atoms. The minimum atomic E-state index is -0.507. The first-order valence-corrected chi connectivity index (χ1v) is 5.88. The molecule has 1 aliphatic rings. The summed E-state index contributed by atoms with van der Waals surface area (Å²) in [4.78, 5) is 0. The van der Waals surface area contributed by atoms with E-state index in [1.165, 1.54) is 18.9 Å². The number of hydrogen-bond donors (Lipinski definition) is 1. The topological polar surface area (TPSA) is 12.0 Å². The lowest BCUT2D eigenvalue weighted by Crippen LogP contribution is -2.33. The Labute approximate surface area is 94.9 Å². The molecule has 0 aliphatic heterocycles. The smallest absolute Gasteiger partial charge is 0.129 e. The first kappa shape index (κ1) is 11.5. The molecule has 1 atom stereocenters. The molecule has 0 bridgehead atoms. The van der Waals surface area contributed by atoms with Gasteiger partial charge in [-0.15, -0.1) is 0 Å². The third kappa shape index (κ3) is 2.79. The summed E-state index contributed by atoms with van der Waals surface area (Å²) in [6.07, 6.45) is 3.10. The first-order chi connectivity index (χ1) is 7.70. The van der Waals surface area contributed by atoms with Crippen LogP contribution in [0.3, 0.4) is 0 Å². The molecule has 16 heavy (non-hydrogen) atoms. The fourth-order valence-electron chi connectivity index (χ4n) is 2.09. The molecule has 1 unspecified atom stereocenters. The van der Waals surface area contributed by atoms with Crippen molar-refractivity contribution in [1.82, 2.24) is 5.32 Å². The van der Waals surface area contributed by atoms with Gasteiger partial charge in [-0.1, -0.05) is 13.0 Å². The van der Waals surface area contributed by atoms with Crippen molar-refractivity contribution in [3.05, 3.63) is 35.4 Å². The van der Waals surface area contributed by atoms with Gasteiger partial charge in [-0.3, -0.25) is 0 Å². The van der Waals surface area contributed by atoms with E-state index in [1.807, 2.05) is 0 Å². The van der Waals surface area contributed by atoms with E-state index < -0.39 is 11.6 Å². The van der Waals surface area contributed by atoms with Crippen LogP contribution in [0.4, 0.5) is 8.78 Å². The van der Waals surface area contributed by atoms with Crippen LogP contribution < -0.4 is 5.32 Å². The standard InChI is InChI=1S/C13H17F2N/c1-2-16-13(9-3-4-9)7-10-5-6-11(14)8-12(10)15/h5-6,8-9,13,16H,2-4,7H2,1H3. The average Bonchev–Trinajstić information content (AvgIpc) is 3.04. The van der Waals surface area contributed by atoms with Gasteiger partial charge in [0.1, 0.15) is 11.6 Å². The van der Waals surface area contributed by atoms with Crippen LogP contribution in [-0.2, 0) is 6.42 Å². The second-order valence-electron chi connectivity index (χ2n) is 4.44. The van der Waals surface area contributed by atoms with E-state index in [4.69, 9.17) is 0 Å². The summed E-state index contributed by atoms with van der Waals surface area (Å²) in [5, 5.41) is 3.37. The van der Waals surface area contributed by atoms with Crippen LogP contribution in [-0.4, -0.2) is 12.6 Å². The zero-order valence-electron chi connectivity index (χ0n) is 9.47. The van der Waals surface area contributed by atoms with Crippen molar-refractivity contribution in [2.75, 3.05) is 6.54 Å². The molecule has 1 aromatic rings. The molecule has 88 valence electrons. The molecular formula is C13H17F2N. The molecule has 2 rings (SSSR count). The third-order valence-electron chi connectivity index (χ3n) is 3.11. The average molecular weight is 225 g/mol. The summed E-state index contributed by atoms with van der Waals surface area (Å²) in [6, 6.07) is 4.18. The van der Waals surface area contributed by atoms with E-state index in [2.05, 4.69) is 12.2 Å². The van der Waals surface area contributed by atoms with Crippen LogP contribution in [0.25, 0.3) is 0 Å². The highest BCUT2D eigenvalue weighted by molar-refractivity contribution is 5.20. The first-order valence-electron chi connectivity index (χ1n) is 5.88. The van der Waals surface area contributed by atoms with Gasteiger partial charge in [0.15, 0.2) is 0 Å². The lowest BCUT2D eigenvalue weighted by atomic mass is 10.0. The number of benzene rings is 1. The maximum Gasteiger partial charge on any atom is 0.129 e. The van der Waals surface area contributed by atoms with E-state index in [9.17, 15) is 8.78 Å². The van der Waals surface area contributed by atoms with Crippen molar-refractivity contribution in [1.29, 1.82) is 0 Å².